The van der Waals surface area contributed by atoms with E-state index in [1.165, 1.54) is 0 Å². The monoisotopic (exact) mass is 289 g/mol. The second-order valence-corrected chi connectivity index (χ2v) is 5.31. The van der Waals surface area contributed by atoms with Gasteiger partial charge in [-0.15, -0.1) is 11.3 Å². The molecule has 0 bridgehead atoms. The van der Waals surface area contributed by atoms with E-state index in [4.69, 9.17) is 10.1 Å². The van der Waals surface area contributed by atoms with Gasteiger partial charge in [-0.25, -0.2) is 0 Å². The third-order valence-corrected chi connectivity index (χ3v) is 3.85. The number of nitrogens with one attached hydrogen (secondary N) is 3. The second-order valence-electron chi connectivity index (χ2n) is 4.36. The molecule has 106 valence electrons. The molecule has 1 aromatic heterocycles. The van der Waals surface area contributed by atoms with Crippen molar-refractivity contribution in [3.8, 4) is 5.75 Å². The SMILES string of the molecule is CNCCc1cc(NC(=N)c2cccs2)ccc1OC. The van der Waals surface area contributed by atoms with Gasteiger partial charge in [0.2, 0.25) is 0 Å². The molecule has 20 heavy (non-hydrogen) atoms. The Morgan fingerprint density at radius 3 is 2.85 bits per heavy atom. The Morgan fingerprint density at radius 2 is 2.20 bits per heavy atom. The van der Waals surface area contributed by atoms with Crippen LogP contribution in [0.1, 0.15) is 10.4 Å². The van der Waals surface area contributed by atoms with Gasteiger partial charge in [0.1, 0.15) is 11.6 Å². The minimum absolute atomic E-state index is 0.421. The first-order valence-electron chi connectivity index (χ1n) is 6.45. The van der Waals surface area contributed by atoms with Crippen LogP contribution in [0.15, 0.2) is 35.7 Å². The molecule has 1 aromatic carbocycles. The summed E-state index contributed by atoms with van der Waals surface area (Å²) in [6.45, 7) is 0.891. The van der Waals surface area contributed by atoms with Crippen LogP contribution in [-0.4, -0.2) is 26.5 Å². The zero-order valence-electron chi connectivity index (χ0n) is 11.7. The van der Waals surface area contributed by atoms with Crippen LogP contribution in [0.3, 0.4) is 0 Å². The fourth-order valence-electron chi connectivity index (χ4n) is 1.94. The number of hydrogen-bond donors (Lipinski definition) is 3. The minimum atomic E-state index is 0.421. The molecule has 0 amide bonds. The third-order valence-electron chi connectivity index (χ3n) is 2.96. The van der Waals surface area contributed by atoms with Crippen LogP contribution < -0.4 is 15.4 Å². The Labute approximate surface area is 123 Å². The quantitative estimate of drug-likeness (QED) is 0.566. The molecule has 0 saturated heterocycles. The summed E-state index contributed by atoms with van der Waals surface area (Å²) in [6.07, 6.45) is 0.890. The van der Waals surface area contributed by atoms with Gasteiger partial charge >= 0.3 is 0 Å². The lowest BCUT2D eigenvalue weighted by atomic mass is 10.1. The standard InChI is InChI=1S/C15H19N3OS/c1-17-8-7-11-10-12(5-6-13(11)19-2)18-15(16)14-4-3-9-20-14/h3-6,9-10,17H,7-8H2,1-2H3,(H2,16,18). The molecule has 0 aliphatic heterocycles. The second kappa shape index (κ2) is 7.07. The van der Waals surface area contributed by atoms with Crippen molar-refractivity contribution in [2.24, 2.45) is 0 Å². The summed E-state index contributed by atoms with van der Waals surface area (Å²) in [7, 11) is 3.61. The molecule has 4 nitrogen and oxygen atoms in total. The van der Waals surface area contributed by atoms with Crippen molar-refractivity contribution in [3.63, 3.8) is 0 Å². The Bertz CT molecular complexity index is 567. The zero-order valence-corrected chi connectivity index (χ0v) is 12.5. The van der Waals surface area contributed by atoms with E-state index in [0.717, 1.165) is 34.8 Å². The van der Waals surface area contributed by atoms with Gasteiger partial charge in [0, 0.05) is 5.69 Å². The molecule has 0 fully saturated rings. The topological polar surface area (TPSA) is 57.1 Å². The van der Waals surface area contributed by atoms with Crippen molar-refractivity contribution in [2.45, 2.75) is 6.42 Å². The number of amidine groups is 1. The maximum Gasteiger partial charge on any atom is 0.140 e. The Kier molecular flexibility index (Phi) is 5.15. The molecule has 3 N–H and O–H groups in total. The van der Waals surface area contributed by atoms with Crippen LogP contribution in [0.25, 0.3) is 0 Å². The molecular weight excluding hydrogens is 270 g/mol. The van der Waals surface area contributed by atoms with Crippen LogP contribution in [0.2, 0.25) is 0 Å². The normalized spacial score (nSPS) is 10.3. The minimum Gasteiger partial charge on any atom is -0.496 e. The fraction of sp³-hybridized carbons (Fsp3) is 0.267. The van der Waals surface area contributed by atoms with Gasteiger partial charge in [-0.05, 0) is 55.2 Å². The van der Waals surface area contributed by atoms with Crippen LogP contribution >= 0.6 is 11.3 Å². The lowest BCUT2D eigenvalue weighted by Gasteiger charge is -2.12. The van der Waals surface area contributed by atoms with Crippen LogP contribution in [0.4, 0.5) is 5.69 Å². The highest BCUT2D eigenvalue weighted by Crippen LogP contribution is 2.23. The zero-order chi connectivity index (χ0) is 14.4. The molecule has 1 heterocycles. The van der Waals surface area contributed by atoms with Crippen molar-refractivity contribution in [1.29, 1.82) is 5.41 Å². The van der Waals surface area contributed by atoms with Crippen molar-refractivity contribution >= 4 is 22.9 Å². The molecular formula is C15H19N3OS. The molecule has 0 radical (unpaired) electrons. The molecule has 2 rings (SSSR count). The molecule has 0 aliphatic carbocycles. The van der Waals surface area contributed by atoms with Crippen molar-refractivity contribution in [1.82, 2.24) is 5.32 Å². The van der Waals surface area contributed by atoms with Crippen LogP contribution in [0.5, 0.6) is 5.75 Å². The fourth-order valence-corrected chi connectivity index (χ4v) is 2.57. The first-order valence-corrected chi connectivity index (χ1v) is 7.33. The Morgan fingerprint density at radius 1 is 1.35 bits per heavy atom. The van der Waals surface area contributed by atoms with Gasteiger partial charge in [0.15, 0.2) is 0 Å². The molecule has 2 aromatic rings. The summed E-state index contributed by atoms with van der Waals surface area (Å²) < 4.78 is 5.37. The van der Waals surface area contributed by atoms with Gasteiger partial charge in [-0.2, -0.15) is 0 Å². The number of ether oxygens (including phenoxy) is 1. The van der Waals surface area contributed by atoms with Gasteiger partial charge in [0.05, 0.1) is 12.0 Å². The largest absolute Gasteiger partial charge is 0.496 e. The van der Waals surface area contributed by atoms with E-state index in [9.17, 15) is 0 Å². The molecule has 5 heteroatoms. The van der Waals surface area contributed by atoms with Crippen LogP contribution in [-0.2, 0) is 6.42 Å². The number of thiophene rings is 1. The van der Waals surface area contributed by atoms with E-state index in [-0.39, 0.29) is 0 Å². The van der Waals surface area contributed by atoms with E-state index in [1.807, 2.05) is 42.8 Å². The highest BCUT2D eigenvalue weighted by atomic mass is 32.1. The summed E-state index contributed by atoms with van der Waals surface area (Å²) in [4.78, 5) is 0.928. The first kappa shape index (κ1) is 14.6. The van der Waals surface area contributed by atoms with Gasteiger partial charge in [0.25, 0.3) is 0 Å². The number of hydrogen-bond acceptors (Lipinski definition) is 4. The highest BCUT2D eigenvalue weighted by molar-refractivity contribution is 7.12. The van der Waals surface area contributed by atoms with Crippen molar-refractivity contribution in [2.75, 3.05) is 26.0 Å². The van der Waals surface area contributed by atoms with Crippen LogP contribution in [0, 0.1) is 5.41 Å². The van der Waals surface area contributed by atoms with E-state index in [1.54, 1.807) is 18.4 Å². The maximum atomic E-state index is 8.05. The predicted octanol–water partition coefficient (Wildman–Crippen LogP) is 2.96. The van der Waals surface area contributed by atoms with Gasteiger partial charge in [-0.1, -0.05) is 6.07 Å². The average Bonchev–Trinajstić information content (AvgIpc) is 2.99. The van der Waals surface area contributed by atoms with E-state index in [2.05, 4.69) is 10.6 Å². The number of anilines is 1. The lowest BCUT2D eigenvalue weighted by molar-refractivity contribution is 0.409. The Balaban J connectivity index is 2.13. The summed E-state index contributed by atoms with van der Waals surface area (Å²) in [5.41, 5.74) is 2.04. The molecule has 0 spiro atoms. The van der Waals surface area contributed by atoms with Gasteiger partial charge < -0.3 is 15.4 Å². The lowest BCUT2D eigenvalue weighted by Crippen LogP contribution is -2.13. The van der Waals surface area contributed by atoms with E-state index < -0.39 is 0 Å². The number of rotatable bonds is 6. The third kappa shape index (κ3) is 3.59. The maximum absolute atomic E-state index is 8.05. The smallest absolute Gasteiger partial charge is 0.140 e. The summed E-state index contributed by atoms with van der Waals surface area (Å²) in [6, 6.07) is 9.80. The van der Waals surface area contributed by atoms with E-state index in [0.29, 0.717) is 5.84 Å². The molecule has 0 unspecified atom stereocenters. The Hall–Kier alpha value is -1.85. The number of methoxy groups -OCH3 is 1. The van der Waals surface area contributed by atoms with E-state index >= 15 is 0 Å². The van der Waals surface area contributed by atoms with Crippen molar-refractivity contribution < 1.29 is 4.74 Å². The molecule has 0 saturated carbocycles. The highest BCUT2D eigenvalue weighted by Gasteiger charge is 2.07. The number of benzene rings is 1. The molecule has 0 aliphatic rings. The van der Waals surface area contributed by atoms with Gasteiger partial charge in [-0.3, -0.25) is 5.41 Å². The molecule has 0 atom stereocenters. The predicted molar refractivity (Wildman–Crippen MR) is 85.4 cm³/mol. The first-order chi connectivity index (χ1) is 9.74. The summed E-state index contributed by atoms with van der Waals surface area (Å²) >= 11 is 1.55. The summed E-state index contributed by atoms with van der Waals surface area (Å²) in [5.74, 6) is 1.30. The average molecular weight is 289 g/mol. The summed E-state index contributed by atoms with van der Waals surface area (Å²) in [5, 5.41) is 16.3. The van der Waals surface area contributed by atoms with Crippen molar-refractivity contribution in [3.05, 3.63) is 46.2 Å². The number of likely N-dealkylation sites (N-methyl/N-ethyl adjacent to an activating group) is 1.